The van der Waals surface area contributed by atoms with Crippen molar-refractivity contribution in [3.8, 4) is 0 Å². The van der Waals surface area contributed by atoms with E-state index in [1.54, 1.807) is 23.0 Å². The van der Waals surface area contributed by atoms with Crippen LogP contribution in [0.15, 0.2) is 66.1 Å². The molecular weight excluding hydrogens is 346 g/mol. The van der Waals surface area contributed by atoms with Gasteiger partial charge in [-0.3, -0.25) is 4.79 Å². The molecule has 6 nitrogen and oxygen atoms in total. The van der Waals surface area contributed by atoms with E-state index in [1.807, 2.05) is 42.2 Å². The second-order valence-corrected chi connectivity index (χ2v) is 6.63. The van der Waals surface area contributed by atoms with Gasteiger partial charge in [0.15, 0.2) is 0 Å². The maximum absolute atomic E-state index is 12.8. The van der Waals surface area contributed by atoms with Crippen LogP contribution in [0, 0.1) is 0 Å². The van der Waals surface area contributed by atoms with Crippen molar-refractivity contribution < 1.29 is 4.79 Å². The first-order valence-electron chi connectivity index (χ1n) is 8.34. The van der Waals surface area contributed by atoms with Gasteiger partial charge in [-0.2, -0.15) is 4.98 Å². The molecule has 0 bridgehead atoms. The van der Waals surface area contributed by atoms with Crippen LogP contribution in [-0.4, -0.2) is 37.8 Å². The Balaban J connectivity index is 1.55. The van der Waals surface area contributed by atoms with Gasteiger partial charge in [0.25, 0.3) is 5.78 Å². The Hall–Kier alpha value is -2.93. The van der Waals surface area contributed by atoms with Crippen molar-refractivity contribution in [2.75, 3.05) is 17.2 Å². The second kappa shape index (κ2) is 7.13. The van der Waals surface area contributed by atoms with Gasteiger partial charge >= 0.3 is 0 Å². The molecule has 0 unspecified atom stereocenters. The average Bonchev–Trinajstić information content (AvgIpc) is 3.10. The van der Waals surface area contributed by atoms with Crippen LogP contribution >= 0.6 is 11.8 Å². The summed E-state index contributed by atoms with van der Waals surface area (Å²) in [5.74, 6) is 0.832. The fourth-order valence-electron chi connectivity index (χ4n) is 2.90. The van der Waals surface area contributed by atoms with Crippen molar-refractivity contribution >= 4 is 39.9 Å². The zero-order valence-electron chi connectivity index (χ0n) is 14.2. The number of rotatable bonds is 5. The number of hydrogen-bond acceptors (Lipinski definition) is 5. The molecule has 0 aliphatic heterocycles. The number of hydrogen-bond donors (Lipinski definition) is 0. The molecule has 0 spiro atoms. The Morgan fingerprint density at radius 1 is 1.15 bits per heavy atom. The molecule has 0 atom stereocenters. The molecule has 0 N–H and O–H groups in total. The van der Waals surface area contributed by atoms with Crippen LogP contribution in [0.5, 0.6) is 0 Å². The molecule has 26 heavy (non-hydrogen) atoms. The molecule has 7 heteroatoms. The molecule has 2 heterocycles. The summed E-state index contributed by atoms with van der Waals surface area (Å²) in [4.78, 5) is 23.1. The highest BCUT2D eigenvalue weighted by atomic mass is 32.2. The zero-order valence-corrected chi connectivity index (χ0v) is 15.1. The number of carbonyl (C=O) groups is 1. The highest BCUT2D eigenvalue weighted by Crippen LogP contribution is 2.27. The van der Waals surface area contributed by atoms with E-state index >= 15 is 0 Å². The Kier molecular flexibility index (Phi) is 4.53. The van der Waals surface area contributed by atoms with Gasteiger partial charge in [0, 0.05) is 24.3 Å². The van der Waals surface area contributed by atoms with Gasteiger partial charge in [-0.05, 0) is 24.4 Å². The van der Waals surface area contributed by atoms with E-state index < -0.39 is 0 Å². The average molecular weight is 363 g/mol. The molecule has 0 saturated heterocycles. The quantitative estimate of drug-likeness (QED) is 0.508. The van der Waals surface area contributed by atoms with Crippen LogP contribution < -0.4 is 4.90 Å². The highest BCUT2D eigenvalue weighted by Gasteiger charge is 2.17. The summed E-state index contributed by atoms with van der Waals surface area (Å²) >= 11 is 1.32. The summed E-state index contributed by atoms with van der Waals surface area (Å²) in [6, 6.07) is 15.9. The second-order valence-electron chi connectivity index (χ2n) is 5.68. The van der Waals surface area contributed by atoms with Gasteiger partial charge < -0.3 is 4.90 Å². The lowest BCUT2D eigenvalue weighted by Gasteiger charge is -2.22. The SMILES string of the molecule is CCN(C(=O)CSc1nc2ncccn2n1)c1cccc2ccccc12. The Morgan fingerprint density at radius 2 is 2.00 bits per heavy atom. The lowest BCUT2D eigenvalue weighted by molar-refractivity contribution is -0.116. The van der Waals surface area contributed by atoms with Crippen molar-refractivity contribution in [2.45, 2.75) is 12.1 Å². The molecular formula is C19H17N5OS. The third-order valence-electron chi connectivity index (χ3n) is 4.10. The van der Waals surface area contributed by atoms with E-state index in [1.165, 1.54) is 11.8 Å². The maximum atomic E-state index is 12.8. The molecule has 0 aliphatic rings. The van der Waals surface area contributed by atoms with E-state index in [0.717, 1.165) is 16.5 Å². The van der Waals surface area contributed by atoms with Crippen LogP contribution in [0.1, 0.15) is 6.92 Å². The van der Waals surface area contributed by atoms with Crippen LogP contribution in [0.25, 0.3) is 16.6 Å². The number of amides is 1. The van der Waals surface area contributed by atoms with E-state index in [9.17, 15) is 4.79 Å². The van der Waals surface area contributed by atoms with E-state index in [-0.39, 0.29) is 11.7 Å². The monoisotopic (exact) mass is 363 g/mol. The maximum Gasteiger partial charge on any atom is 0.253 e. The zero-order chi connectivity index (χ0) is 17.9. The molecule has 4 rings (SSSR count). The number of benzene rings is 2. The summed E-state index contributed by atoms with van der Waals surface area (Å²) in [5, 5.41) is 7.07. The van der Waals surface area contributed by atoms with Gasteiger partial charge in [-0.1, -0.05) is 48.2 Å². The van der Waals surface area contributed by atoms with Gasteiger partial charge in [0.2, 0.25) is 11.1 Å². The summed E-state index contributed by atoms with van der Waals surface area (Å²) < 4.78 is 1.61. The van der Waals surface area contributed by atoms with E-state index in [4.69, 9.17) is 0 Å². The molecule has 4 aromatic rings. The van der Waals surface area contributed by atoms with Crippen LogP contribution in [0.4, 0.5) is 5.69 Å². The standard InChI is InChI=1S/C19H17N5OS/c1-2-23(16-10-5-8-14-7-3-4-9-15(14)16)17(25)13-26-19-21-18-20-11-6-12-24(18)22-19/h3-12H,2,13H2,1H3. The normalized spacial score (nSPS) is 11.1. The minimum absolute atomic E-state index is 0.0284. The predicted molar refractivity (Wildman–Crippen MR) is 103 cm³/mol. The molecule has 0 fully saturated rings. The molecule has 0 radical (unpaired) electrons. The molecule has 2 aromatic carbocycles. The molecule has 2 aromatic heterocycles. The first-order chi connectivity index (χ1) is 12.8. The largest absolute Gasteiger partial charge is 0.311 e. The van der Waals surface area contributed by atoms with Crippen molar-refractivity contribution in [3.63, 3.8) is 0 Å². The topological polar surface area (TPSA) is 63.4 Å². The predicted octanol–water partition coefficient (Wildman–Crippen LogP) is 3.42. The first-order valence-corrected chi connectivity index (χ1v) is 9.33. The Bertz CT molecular complexity index is 1040. The number of fused-ring (bicyclic) bond motifs is 2. The highest BCUT2D eigenvalue weighted by molar-refractivity contribution is 7.99. The number of carbonyl (C=O) groups excluding carboxylic acids is 1. The number of anilines is 1. The van der Waals surface area contributed by atoms with Gasteiger partial charge in [-0.25, -0.2) is 9.50 Å². The Morgan fingerprint density at radius 3 is 2.85 bits per heavy atom. The lowest BCUT2D eigenvalue weighted by atomic mass is 10.1. The minimum Gasteiger partial charge on any atom is -0.311 e. The Labute approximate surface area is 154 Å². The smallest absolute Gasteiger partial charge is 0.253 e. The van der Waals surface area contributed by atoms with Crippen molar-refractivity contribution in [1.29, 1.82) is 0 Å². The number of nitrogens with zero attached hydrogens (tertiary/aromatic N) is 5. The third-order valence-corrected chi connectivity index (χ3v) is 4.92. The van der Waals surface area contributed by atoms with E-state index in [0.29, 0.717) is 17.5 Å². The van der Waals surface area contributed by atoms with Gasteiger partial charge in [-0.15, -0.1) is 5.10 Å². The molecule has 1 amide bonds. The van der Waals surface area contributed by atoms with Gasteiger partial charge in [0.05, 0.1) is 11.4 Å². The third kappa shape index (κ3) is 3.13. The van der Waals surface area contributed by atoms with E-state index in [2.05, 4.69) is 27.2 Å². The number of aromatic nitrogens is 4. The van der Waals surface area contributed by atoms with Crippen LogP contribution in [-0.2, 0) is 4.79 Å². The number of thioether (sulfide) groups is 1. The van der Waals surface area contributed by atoms with Crippen LogP contribution in [0.3, 0.4) is 0 Å². The molecule has 130 valence electrons. The minimum atomic E-state index is 0.0284. The van der Waals surface area contributed by atoms with Crippen LogP contribution in [0.2, 0.25) is 0 Å². The van der Waals surface area contributed by atoms with Crippen molar-refractivity contribution in [1.82, 2.24) is 19.6 Å². The lowest BCUT2D eigenvalue weighted by Crippen LogP contribution is -2.32. The van der Waals surface area contributed by atoms with Crippen molar-refractivity contribution in [3.05, 3.63) is 60.9 Å². The summed E-state index contributed by atoms with van der Waals surface area (Å²) in [5.41, 5.74) is 0.931. The fraction of sp³-hybridized carbons (Fsp3) is 0.158. The fourth-order valence-corrected chi connectivity index (χ4v) is 3.60. The summed E-state index contributed by atoms with van der Waals surface area (Å²) in [6.07, 6.45) is 3.46. The first kappa shape index (κ1) is 16.5. The molecule has 0 saturated carbocycles. The van der Waals surface area contributed by atoms with Crippen molar-refractivity contribution in [2.24, 2.45) is 0 Å². The molecule has 0 aliphatic carbocycles. The van der Waals surface area contributed by atoms with Gasteiger partial charge in [0.1, 0.15) is 0 Å². The summed E-state index contributed by atoms with van der Waals surface area (Å²) in [7, 11) is 0. The summed E-state index contributed by atoms with van der Waals surface area (Å²) in [6.45, 7) is 2.59.